The molecule has 0 bridgehead atoms. The number of hydrogen-bond acceptors (Lipinski definition) is 4. The van der Waals surface area contributed by atoms with Gasteiger partial charge in [0.25, 0.3) is 0 Å². The molecule has 0 atom stereocenters. The van der Waals surface area contributed by atoms with E-state index in [1.165, 1.54) is 4.88 Å². The molecule has 2 aromatic heterocycles. The van der Waals surface area contributed by atoms with Crippen molar-refractivity contribution in [1.82, 2.24) is 10.6 Å². The summed E-state index contributed by atoms with van der Waals surface area (Å²) in [5.74, 6) is 2.61. The fourth-order valence-electron chi connectivity index (χ4n) is 2.69. The number of ether oxygens (including phenoxy) is 1. The summed E-state index contributed by atoms with van der Waals surface area (Å²) in [7, 11) is 1.68. The van der Waals surface area contributed by atoms with E-state index >= 15 is 0 Å². The molecule has 2 heterocycles. The zero-order valence-electron chi connectivity index (χ0n) is 15.5. The van der Waals surface area contributed by atoms with E-state index in [0.29, 0.717) is 6.54 Å². The summed E-state index contributed by atoms with van der Waals surface area (Å²) < 4.78 is 10.8. The second-order valence-corrected chi connectivity index (χ2v) is 7.02. The SMILES string of the molecule is COc1ccccc1CN=C(NCCc1ccco1)NCCc1cccs1. The Hall–Kier alpha value is -2.73. The van der Waals surface area contributed by atoms with Gasteiger partial charge in [-0.3, -0.25) is 0 Å². The molecule has 27 heavy (non-hydrogen) atoms. The smallest absolute Gasteiger partial charge is 0.191 e. The Morgan fingerprint density at radius 2 is 1.89 bits per heavy atom. The molecule has 5 nitrogen and oxygen atoms in total. The average Bonchev–Trinajstić information content (AvgIpc) is 3.40. The number of furan rings is 1. The van der Waals surface area contributed by atoms with Gasteiger partial charge in [-0.1, -0.05) is 24.3 Å². The first kappa shape index (κ1) is 19.0. The molecule has 0 fully saturated rings. The summed E-state index contributed by atoms with van der Waals surface area (Å²) in [5.41, 5.74) is 1.06. The average molecular weight is 384 g/mol. The lowest BCUT2D eigenvalue weighted by Gasteiger charge is -2.13. The summed E-state index contributed by atoms with van der Waals surface area (Å²) in [6.07, 6.45) is 3.49. The minimum Gasteiger partial charge on any atom is -0.496 e. The molecular formula is C21H25N3O2S. The Morgan fingerprint density at radius 3 is 2.63 bits per heavy atom. The highest BCUT2D eigenvalue weighted by Crippen LogP contribution is 2.17. The zero-order valence-corrected chi connectivity index (χ0v) is 16.3. The van der Waals surface area contributed by atoms with Gasteiger partial charge < -0.3 is 19.8 Å². The summed E-state index contributed by atoms with van der Waals surface area (Å²) >= 11 is 1.78. The third-order valence-corrected chi connectivity index (χ3v) is 5.02. The van der Waals surface area contributed by atoms with Crippen molar-refractivity contribution in [2.45, 2.75) is 19.4 Å². The first-order valence-corrected chi connectivity index (χ1v) is 9.92. The molecular weight excluding hydrogens is 358 g/mol. The van der Waals surface area contributed by atoms with Gasteiger partial charge in [0.1, 0.15) is 11.5 Å². The van der Waals surface area contributed by atoms with Crippen LogP contribution in [0.5, 0.6) is 5.75 Å². The van der Waals surface area contributed by atoms with Gasteiger partial charge >= 0.3 is 0 Å². The van der Waals surface area contributed by atoms with Crippen LogP contribution >= 0.6 is 11.3 Å². The number of methoxy groups -OCH3 is 1. The van der Waals surface area contributed by atoms with Crippen molar-refractivity contribution in [1.29, 1.82) is 0 Å². The highest BCUT2D eigenvalue weighted by Gasteiger charge is 2.04. The maximum Gasteiger partial charge on any atom is 0.191 e. The lowest BCUT2D eigenvalue weighted by molar-refractivity contribution is 0.410. The molecule has 0 saturated heterocycles. The molecule has 0 aliphatic heterocycles. The van der Waals surface area contributed by atoms with Crippen molar-refractivity contribution in [2.75, 3.05) is 20.2 Å². The Balaban J connectivity index is 1.58. The van der Waals surface area contributed by atoms with Gasteiger partial charge in [0.05, 0.1) is 19.9 Å². The fraction of sp³-hybridized carbons (Fsp3) is 0.286. The lowest BCUT2D eigenvalue weighted by atomic mass is 10.2. The van der Waals surface area contributed by atoms with Crippen LogP contribution in [-0.4, -0.2) is 26.2 Å². The molecule has 0 saturated carbocycles. The quantitative estimate of drug-likeness (QED) is 0.435. The summed E-state index contributed by atoms with van der Waals surface area (Å²) in [6.45, 7) is 2.14. The molecule has 0 aliphatic rings. The zero-order chi connectivity index (χ0) is 18.7. The molecule has 1 aromatic carbocycles. The largest absolute Gasteiger partial charge is 0.496 e. The molecule has 3 rings (SSSR count). The number of rotatable bonds is 9. The summed E-state index contributed by atoms with van der Waals surface area (Å²) in [6, 6.07) is 16.1. The van der Waals surface area contributed by atoms with E-state index in [4.69, 9.17) is 14.1 Å². The maximum atomic E-state index is 5.42. The predicted octanol–water partition coefficient (Wildman–Crippen LogP) is 3.87. The second-order valence-electron chi connectivity index (χ2n) is 5.99. The van der Waals surface area contributed by atoms with Gasteiger partial charge in [0.15, 0.2) is 5.96 Å². The van der Waals surface area contributed by atoms with E-state index in [-0.39, 0.29) is 0 Å². The molecule has 0 radical (unpaired) electrons. The number of nitrogens with zero attached hydrogens (tertiary/aromatic N) is 1. The second kappa shape index (κ2) is 10.4. The van der Waals surface area contributed by atoms with Crippen molar-refractivity contribution in [3.05, 3.63) is 76.4 Å². The third-order valence-electron chi connectivity index (χ3n) is 4.09. The van der Waals surface area contributed by atoms with E-state index in [1.54, 1.807) is 24.7 Å². The molecule has 142 valence electrons. The number of thiophene rings is 1. The van der Waals surface area contributed by atoms with Crippen LogP contribution in [-0.2, 0) is 19.4 Å². The van der Waals surface area contributed by atoms with Gasteiger partial charge in [-0.25, -0.2) is 4.99 Å². The number of aliphatic imine (C=N–C) groups is 1. The summed E-state index contributed by atoms with van der Waals surface area (Å²) in [4.78, 5) is 6.09. The van der Waals surface area contributed by atoms with Gasteiger partial charge in [0, 0.05) is 30.0 Å². The molecule has 0 amide bonds. The third kappa shape index (κ3) is 6.18. The number of benzene rings is 1. The van der Waals surface area contributed by atoms with E-state index in [9.17, 15) is 0 Å². The van der Waals surface area contributed by atoms with Gasteiger partial charge in [-0.2, -0.15) is 0 Å². The first-order chi connectivity index (χ1) is 13.3. The van der Waals surface area contributed by atoms with Gasteiger partial charge in [0.2, 0.25) is 0 Å². The Morgan fingerprint density at radius 1 is 1.04 bits per heavy atom. The van der Waals surface area contributed by atoms with Crippen molar-refractivity contribution < 1.29 is 9.15 Å². The molecule has 2 N–H and O–H groups in total. The van der Waals surface area contributed by atoms with Crippen LogP contribution in [0, 0.1) is 0 Å². The van der Waals surface area contributed by atoms with E-state index in [2.05, 4.69) is 28.1 Å². The minimum atomic E-state index is 0.555. The Labute approximate surface area is 164 Å². The van der Waals surface area contributed by atoms with E-state index in [1.807, 2.05) is 36.4 Å². The monoisotopic (exact) mass is 383 g/mol. The van der Waals surface area contributed by atoms with E-state index in [0.717, 1.165) is 49.0 Å². The number of guanidine groups is 1. The number of hydrogen-bond donors (Lipinski definition) is 2. The number of para-hydroxylation sites is 1. The van der Waals surface area contributed by atoms with E-state index < -0.39 is 0 Å². The predicted molar refractivity (Wildman–Crippen MR) is 111 cm³/mol. The van der Waals surface area contributed by atoms with Crippen LogP contribution < -0.4 is 15.4 Å². The highest BCUT2D eigenvalue weighted by atomic mass is 32.1. The van der Waals surface area contributed by atoms with Crippen molar-refractivity contribution in [3.8, 4) is 5.75 Å². The van der Waals surface area contributed by atoms with Crippen molar-refractivity contribution >= 4 is 17.3 Å². The first-order valence-electron chi connectivity index (χ1n) is 9.04. The molecule has 0 aliphatic carbocycles. The van der Waals surface area contributed by atoms with Gasteiger partial charge in [-0.05, 0) is 36.1 Å². The molecule has 0 unspecified atom stereocenters. The Kier molecular flexibility index (Phi) is 7.35. The van der Waals surface area contributed by atoms with Crippen molar-refractivity contribution in [3.63, 3.8) is 0 Å². The highest BCUT2D eigenvalue weighted by molar-refractivity contribution is 7.09. The normalized spacial score (nSPS) is 11.4. The van der Waals surface area contributed by atoms with Gasteiger partial charge in [-0.15, -0.1) is 11.3 Å². The molecule has 0 spiro atoms. The van der Waals surface area contributed by atoms with Crippen molar-refractivity contribution in [2.24, 2.45) is 4.99 Å². The van der Waals surface area contributed by atoms with Crippen LogP contribution in [0.25, 0.3) is 0 Å². The topological polar surface area (TPSA) is 58.8 Å². The van der Waals surface area contributed by atoms with Crippen LogP contribution in [0.4, 0.5) is 0 Å². The lowest BCUT2D eigenvalue weighted by Crippen LogP contribution is -2.39. The molecule has 3 aromatic rings. The fourth-order valence-corrected chi connectivity index (χ4v) is 3.40. The minimum absolute atomic E-state index is 0.555. The van der Waals surface area contributed by atoms with Crippen LogP contribution in [0.3, 0.4) is 0 Å². The Bertz CT molecular complexity index is 772. The number of nitrogens with one attached hydrogen (secondary N) is 2. The van der Waals surface area contributed by atoms with Crippen LogP contribution in [0.2, 0.25) is 0 Å². The van der Waals surface area contributed by atoms with Crippen LogP contribution in [0.15, 0.2) is 69.6 Å². The van der Waals surface area contributed by atoms with Crippen LogP contribution in [0.1, 0.15) is 16.2 Å². The maximum absolute atomic E-state index is 5.42. The standard InChI is InChI=1S/C21H25N3O2S/c1-25-20-9-3-2-6-17(20)16-24-21(22-12-10-18-7-4-14-26-18)23-13-11-19-8-5-15-27-19/h2-9,14-15H,10-13,16H2,1H3,(H2,22,23,24). The molecule has 6 heteroatoms. The summed E-state index contributed by atoms with van der Waals surface area (Å²) in [5, 5.41) is 8.91.